The Morgan fingerprint density at radius 1 is 0.882 bits per heavy atom. The van der Waals surface area contributed by atoms with Crippen LogP contribution in [-0.2, 0) is 10.0 Å². The van der Waals surface area contributed by atoms with Crippen LogP contribution in [0.4, 0.5) is 11.4 Å². The maximum atomic E-state index is 12.9. The molecule has 0 heterocycles. The van der Waals surface area contributed by atoms with Gasteiger partial charge in [-0.15, -0.1) is 0 Å². The second-order valence-corrected chi connectivity index (χ2v) is 9.91. The number of benzene rings is 3. The normalized spacial score (nSPS) is 11.0. The average Bonchev–Trinajstić information content (AvgIpc) is 2.84. The topological polar surface area (TPSA) is 95.6 Å². The molecule has 2 amide bonds. The number of unbranched alkanes of at least 4 members (excludes halogenated alkanes) is 1. The summed E-state index contributed by atoms with van der Waals surface area (Å²) in [6.07, 6.45) is 1.84. The fourth-order valence-electron chi connectivity index (χ4n) is 3.29. The number of sulfonamides is 1. The standard InChI is InChI=1S/C26H29N3O4S/c1-4-5-18-27-26(31)23-8-6-7-9-24(23)28-25(30)20-12-14-21(15-13-20)29(3)34(32,33)22-16-10-19(2)11-17-22/h6-17H,4-5,18H2,1-3H3,(H,27,31)(H,28,30). The van der Waals surface area contributed by atoms with E-state index < -0.39 is 15.9 Å². The summed E-state index contributed by atoms with van der Waals surface area (Å²) >= 11 is 0. The number of hydrogen-bond donors (Lipinski definition) is 2. The maximum Gasteiger partial charge on any atom is 0.264 e. The van der Waals surface area contributed by atoms with Gasteiger partial charge in [-0.1, -0.05) is 43.2 Å². The SMILES string of the molecule is CCCCNC(=O)c1ccccc1NC(=O)c1ccc(N(C)S(=O)(=O)c2ccc(C)cc2)cc1. The lowest BCUT2D eigenvalue weighted by atomic mass is 10.1. The van der Waals surface area contributed by atoms with Crippen molar-refractivity contribution in [2.45, 2.75) is 31.6 Å². The number of nitrogens with zero attached hydrogens (tertiary/aromatic N) is 1. The van der Waals surface area contributed by atoms with E-state index in [1.807, 2.05) is 13.8 Å². The molecule has 0 spiro atoms. The largest absolute Gasteiger partial charge is 0.352 e. The molecule has 0 atom stereocenters. The monoisotopic (exact) mass is 479 g/mol. The molecular formula is C26H29N3O4S. The van der Waals surface area contributed by atoms with E-state index in [9.17, 15) is 18.0 Å². The van der Waals surface area contributed by atoms with Crippen molar-refractivity contribution in [1.29, 1.82) is 0 Å². The third kappa shape index (κ3) is 5.82. The molecule has 8 heteroatoms. The van der Waals surface area contributed by atoms with E-state index in [4.69, 9.17) is 0 Å². The molecule has 0 aromatic heterocycles. The van der Waals surface area contributed by atoms with Gasteiger partial charge in [-0.2, -0.15) is 0 Å². The molecule has 2 N–H and O–H groups in total. The number of carbonyl (C=O) groups is 2. The van der Waals surface area contributed by atoms with Crippen molar-refractivity contribution < 1.29 is 18.0 Å². The number of anilines is 2. The van der Waals surface area contributed by atoms with E-state index in [0.717, 1.165) is 18.4 Å². The summed E-state index contributed by atoms with van der Waals surface area (Å²) in [5, 5.41) is 5.63. The summed E-state index contributed by atoms with van der Waals surface area (Å²) in [4.78, 5) is 25.5. The molecule has 0 radical (unpaired) electrons. The molecule has 3 aromatic carbocycles. The molecule has 7 nitrogen and oxygen atoms in total. The van der Waals surface area contributed by atoms with Gasteiger partial charge in [0.15, 0.2) is 0 Å². The van der Waals surface area contributed by atoms with Crippen molar-refractivity contribution >= 4 is 33.2 Å². The zero-order valence-electron chi connectivity index (χ0n) is 19.5. The Labute approximate surface area is 200 Å². The van der Waals surface area contributed by atoms with Crippen molar-refractivity contribution in [3.05, 3.63) is 89.5 Å². The molecule has 0 saturated heterocycles. The van der Waals surface area contributed by atoms with Crippen molar-refractivity contribution in [1.82, 2.24) is 5.32 Å². The summed E-state index contributed by atoms with van der Waals surface area (Å²) in [6, 6.07) is 19.7. The maximum absolute atomic E-state index is 12.9. The van der Waals surface area contributed by atoms with Crippen LogP contribution in [0.3, 0.4) is 0 Å². The number of nitrogens with one attached hydrogen (secondary N) is 2. The van der Waals surface area contributed by atoms with E-state index in [1.54, 1.807) is 72.8 Å². The molecular weight excluding hydrogens is 450 g/mol. The lowest BCUT2D eigenvalue weighted by Crippen LogP contribution is -2.27. The summed E-state index contributed by atoms with van der Waals surface area (Å²) in [5.41, 5.74) is 2.52. The second-order valence-electron chi connectivity index (χ2n) is 7.94. The van der Waals surface area contributed by atoms with Gasteiger partial charge in [-0.3, -0.25) is 13.9 Å². The number of aryl methyl sites for hydroxylation is 1. The van der Waals surface area contributed by atoms with Crippen molar-refractivity contribution in [2.24, 2.45) is 0 Å². The number of rotatable bonds is 9. The molecule has 3 aromatic rings. The van der Waals surface area contributed by atoms with E-state index in [1.165, 1.54) is 11.4 Å². The van der Waals surface area contributed by atoms with E-state index in [0.29, 0.717) is 29.0 Å². The van der Waals surface area contributed by atoms with Crippen molar-refractivity contribution in [3.8, 4) is 0 Å². The smallest absolute Gasteiger partial charge is 0.264 e. The Bertz CT molecular complexity index is 1250. The van der Waals surface area contributed by atoms with Gasteiger partial charge in [0.2, 0.25) is 0 Å². The molecule has 34 heavy (non-hydrogen) atoms. The van der Waals surface area contributed by atoms with Crippen molar-refractivity contribution in [2.75, 3.05) is 23.2 Å². The van der Waals surface area contributed by atoms with Gasteiger partial charge in [-0.25, -0.2) is 8.42 Å². The highest BCUT2D eigenvalue weighted by atomic mass is 32.2. The van der Waals surface area contributed by atoms with Gasteiger partial charge in [0.05, 0.1) is 21.8 Å². The number of amides is 2. The molecule has 178 valence electrons. The fraction of sp³-hybridized carbons (Fsp3) is 0.231. The zero-order valence-corrected chi connectivity index (χ0v) is 20.4. The van der Waals surface area contributed by atoms with E-state index >= 15 is 0 Å². The highest BCUT2D eigenvalue weighted by Gasteiger charge is 2.21. The van der Waals surface area contributed by atoms with Crippen LogP contribution in [0.5, 0.6) is 0 Å². The minimum atomic E-state index is -3.73. The summed E-state index contributed by atoms with van der Waals surface area (Å²) < 4.78 is 27.0. The van der Waals surface area contributed by atoms with Gasteiger partial charge >= 0.3 is 0 Å². The van der Waals surface area contributed by atoms with Gasteiger partial charge in [0.25, 0.3) is 21.8 Å². The second kappa shape index (κ2) is 11.0. The molecule has 0 aliphatic heterocycles. The summed E-state index contributed by atoms with van der Waals surface area (Å²) in [7, 11) is -2.26. The minimum Gasteiger partial charge on any atom is -0.352 e. The number of carbonyl (C=O) groups excluding carboxylic acids is 2. The van der Waals surface area contributed by atoms with Gasteiger partial charge in [0.1, 0.15) is 0 Å². The highest BCUT2D eigenvalue weighted by molar-refractivity contribution is 7.92. The summed E-state index contributed by atoms with van der Waals surface area (Å²) in [6.45, 7) is 4.50. The molecule has 0 aliphatic carbocycles. The zero-order chi connectivity index (χ0) is 24.7. The van der Waals surface area contributed by atoms with E-state index in [-0.39, 0.29) is 10.8 Å². The van der Waals surface area contributed by atoms with Crippen LogP contribution in [0.25, 0.3) is 0 Å². The van der Waals surface area contributed by atoms with Crippen LogP contribution in [0.15, 0.2) is 77.7 Å². The molecule has 0 fully saturated rings. The first-order valence-corrected chi connectivity index (χ1v) is 12.5. The Balaban J connectivity index is 1.74. The highest BCUT2D eigenvalue weighted by Crippen LogP contribution is 2.23. The van der Waals surface area contributed by atoms with Crippen LogP contribution < -0.4 is 14.9 Å². The molecule has 0 aliphatic rings. The predicted octanol–water partition coefficient (Wildman–Crippen LogP) is 4.60. The molecule has 3 rings (SSSR count). The molecule has 0 unspecified atom stereocenters. The first kappa shape index (κ1) is 25.0. The van der Waals surface area contributed by atoms with Gasteiger partial charge < -0.3 is 10.6 Å². The van der Waals surface area contributed by atoms with E-state index in [2.05, 4.69) is 10.6 Å². The fourth-order valence-corrected chi connectivity index (χ4v) is 4.48. The van der Waals surface area contributed by atoms with Crippen LogP contribution in [0.2, 0.25) is 0 Å². The third-order valence-corrected chi connectivity index (χ3v) is 7.21. The Morgan fingerprint density at radius 3 is 2.18 bits per heavy atom. The Hall–Kier alpha value is -3.65. The minimum absolute atomic E-state index is 0.191. The van der Waals surface area contributed by atoms with Gasteiger partial charge in [0, 0.05) is 19.2 Å². The third-order valence-electron chi connectivity index (χ3n) is 5.41. The first-order chi connectivity index (χ1) is 16.2. The molecule has 0 saturated carbocycles. The lowest BCUT2D eigenvalue weighted by Gasteiger charge is -2.20. The predicted molar refractivity (Wildman–Crippen MR) is 135 cm³/mol. The molecule has 0 bridgehead atoms. The average molecular weight is 480 g/mol. The number of hydrogen-bond acceptors (Lipinski definition) is 4. The van der Waals surface area contributed by atoms with Crippen LogP contribution in [0.1, 0.15) is 46.0 Å². The van der Waals surface area contributed by atoms with Crippen LogP contribution in [-0.4, -0.2) is 33.8 Å². The first-order valence-electron chi connectivity index (χ1n) is 11.1. The van der Waals surface area contributed by atoms with Crippen LogP contribution >= 0.6 is 0 Å². The van der Waals surface area contributed by atoms with Gasteiger partial charge in [-0.05, 0) is 61.9 Å². The lowest BCUT2D eigenvalue weighted by molar-refractivity contribution is 0.0954. The number of para-hydroxylation sites is 1. The summed E-state index contributed by atoms with van der Waals surface area (Å²) in [5.74, 6) is -0.646. The Morgan fingerprint density at radius 2 is 1.53 bits per heavy atom. The van der Waals surface area contributed by atoms with Crippen molar-refractivity contribution in [3.63, 3.8) is 0 Å². The van der Waals surface area contributed by atoms with Crippen LogP contribution in [0, 0.1) is 6.92 Å². The quantitative estimate of drug-likeness (QED) is 0.439. The Kier molecular flexibility index (Phi) is 8.07.